The van der Waals surface area contributed by atoms with Crippen molar-refractivity contribution in [3.8, 4) is 0 Å². The number of hydrogen-bond acceptors (Lipinski definition) is 5. The van der Waals surface area contributed by atoms with Crippen LogP contribution < -0.4 is 10.2 Å². The monoisotopic (exact) mass is 424 g/mol. The highest BCUT2D eigenvalue weighted by molar-refractivity contribution is 8.00. The molecular weight excluding hydrogens is 411 g/mol. The predicted molar refractivity (Wildman–Crippen MR) is 106 cm³/mol. The lowest BCUT2D eigenvalue weighted by Crippen LogP contribution is -2.40. The van der Waals surface area contributed by atoms with Crippen molar-refractivity contribution < 1.29 is 19.1 Å². The molecular formula is C18H14Cl2N2O4S. The van der Waals surface area contributed by atoms with Gasteiger partial charge in [0.15, 0.2) is 6.61 Å². The van der Waals surface area contributed by atoms with Crippen LogP contribution in [-0.2, 0) is 19.1 Å². The van der Waals surface area contributed by atoms with Crippen molar-refractivity contribution in [2.45, 2.75) is 4.90 Å². The van der Waals surface area contributed by atoms with Crippen LogP contribution in [0.5, 0.6) is 0 Å². The zero-order valence-corrected chi connectivity index (χ0v) is 16.2. The van der Waals surface area contributed by atoms with Crippen LogP contribution in [0.3, 0.4) is 0 Å². The summed E-state index contributed by atoms with van der Waals surface area (Å²) in [5, 5.41) is 3.02. The first-order valence-electron chi connectivity index (χ1n) is 7.87. The summed E-state index contributed by atoms with van der Waals surface area (Å²) in [6, 6.07) is 12.1. The van der Waals surface area contributed by atoms with Gasteiger partial charge in [0.25, 0.3) is 5.91 Å². The first-order valence-corrected chi connectivity index (χ1v) is 9.61. The van der Waals surface area contributed by atoms with E-state index in [1.54, 1.807) is 30.3 Å². The molecule has 2 aromatic rings. The smallest absolute Gasteiger partial charge is 0.326 e. The lowest BCUT2D eigenvalue weighted by molar-refractivity contribution is -0.146. The first-order chi connectivity index (χ1) is 13.0. The van der Waals surface area contributed by atoms with Gasteiger partial charge in [-0.1, -0.05) is 41.4 Å². The fourth-order valence-electron chi connectivity index (χ4n) is 2.43. The number of hydrogen-bond donors (Lipinski definition) is 1. The van der Waals surface area contributed by atoms with Gasteiger partial charge in [0, 0.05) is 4.90 Å². The van der Waals surface area contributed by atoms with Gasteiger partial charge in [0.1, 0.15) is 6.54 Å². The van der Waals surface area contributed by atoms with Crippen molar-refractivity contribution in [1.29, 1.82) is 0 Å². The molecule has 1 heterocycles. The van der Waals surface area contributed by atoms with E-state index in [4.69, 9.17) is 27.9 Å². The van der Waals surface area contributed by atoms with E-state index in [0.717, 1.165) is 4.90 Å². The van der Waals surface area contributed by atoms with Crippen molar-refractivity contribution >= 4 is 64.1 Å². The standard InChI is InChI=1S/C18H14Cl2N2O4S/c19-11-4-3-5-12(18(11)20)21-15(23)9-26-17(25)8-22-13-6-1-2-7-14(13)27-10-16(22)24/h1-7H,8-10H2,(H,21,23). The Morgan fingerprint density at radius 2 is 1.93 bits per heavy atom. The number of thioether (sulfide) groups is 1. The molecule has 1 aliphatic heterocycles. The van der Waals surface area contributed by atoms with Crippen molar-refractivity contribution in [2.75, 3.05) is 29.1 Å². The number of halogens is 2. The van der Waals surface area contributed by atoms with E-state index in [2.05, 4.69) is 5.32 Å². The zero-order chi connectivity index (χ0) is 19.4. The molecule has 1 N–H and O–H groups in total. The fraction of sp³-hybridized carbons (Fsp3) is 0.167. The minimum atomic E-state index is -0.683. The summed E-state index contributed by atoms with van der Waals surface area (Å²) in [7, 11) is 0. The summed E-state index contributed by atoms with van der Waals surface area (Å²) in [6.07, 6.45) is 0. The largest absolute Gasteiger partial charge is 0.454 e. The van der Waals surface area contributed by atoms with Gasteiger partial charge in [-0.25, -0.2) is 0 Å². The van der Waals surface area contributed by atoms with Crippen molar-refractivity contribution in [1.82, 2.24) is 0 Å². The Hall–Kier alpha value is -2.22. The molecule has 0 aliphatic carbocycles. The van der Waals surface area contributed by atoms with Crippen LogP contribution in [0.4, 0.5) is 11.4 Å². The van der Waals surface area contributed by atoms with Crippen LogP contribution in [0.15, 0.2) is 47.4 Å². The molecule has 0 atom stereocenters. The Labute approximate surface area is 169 Å². The third kappa shape index (κ3) is 4.74. The third-order valence-electron chi connectivity index (χ3n) is 3.69. The number of nitrogens with one attached hydrogen (secondary N) is 1. The van der Waals surface area contributed by atoms with E-state index in [9.17, 15) is 14.4 Å². The zero-order valence-electron chi connectivity index (χ0n) is 13.9. The van der Waals surface area contributed by atoms with E-state index in [-0.39, 0.29) is 23.2 Å². The number of amides is 2. The highest BCUT2D eigenvalue weighted by Crippen LogP contribution is 2.34. The fourth-order valence-corrected chi connectivity index (χ4v) is 3.72. The molecule has 0 fully saturated rings. The van der Waals surface area contributed by atoms with E-state index in [0.29, 0.717) is 16.4 Å². The summed E-state index contributed by atoms with van der Waals surface area (Å²) in [5.74, 6) is -1.19. The van der Waals surface area contributed by atoms with E-state index in [1.165, 1.54) is 16.7 Å². The first kappa shape index (κ1) is 19.5. The Balaban J connectivity index is 1.56. The average molecular weight is 425 g/mol. The van der Waals surface area contributed by atoms with Gasteiger partial charge in [-0.2, -0.15) is 0 Å². The maximum absolute atomic E-state index is 12.1. The summed E-state index contributed by atoms with van der Waals surface area (Å²) < 4.78 is 4.98. The average Bonchev–Trinajstić information content (AvgIpc) is 2.66. The molecule has 6 nitrogen and oxygen atoms in total. The van der Waals surface area contributed by atoms with Crippen LogP contribution in [0.1, 0.15) is 0 Å². The van der Waals surface area contributed by atoms with Gasteiger partial charge in [0.2, 0.25) is 5.91 Å². The van der Waals surface area contributed by atoms with Crippen LogP contribution in [0, 0.1) is 0 Å². The topological polar surface area (TPSA) is 75.7 Å². The summed E-state index contributed by atoms with van der Waals surface area (Å²) in [4.78, 5) is 38.5. The minimum Gasteiger partial charge on any atom is -0.454 e. The summed E-state index contributed by atoms with van der Waals surface area (Å²) >= 11 is 13.3. The minimum absolute atomic E-state index is 0.189. The maximum atomic E-state index is 12.1. The van der Waals surface area contributed by atoms with Gasteiger partial charge in [0.05, 0.1) is 27.2 Å². The van der Waals surface area contributed by atoms with Crippen LogP contribution in [0.2, 0.25) is 10.0 Å². The number of ether oxygens (including phenoxy) is 1. The maximum Gasteiger partial charge on any atom is 0.326 e. The number of rotatable bonds is 5. The normalized spacial score (nSPS) is 13.1. The Bertz CT molecular complexity index is 907. The molecule has 0 radical (unpaired) electrons. The molecule has 0 aromatic heterocycles. The number of anilines is 2. The van der Waals surface area contributed by atoms with Crippen LogP contribution in [-0.4, -0.2) is 36.7 Å². The molecule has 2 amide bonds. The lowest BCUT2D eigenvalue weighted by Gasteiger charge is -2.27. The lowest BCUT2D eigenvalue weighted by atomic mass is 10.2. The number of nitrogens with zero attached hydrogens (tertiary/aromatic N) is 1. The molecule has 2 aromatic carbocycles. The molecule has 9 heteroatoms. The van der Waals surface area contributed by atoms with Gasteiger partial charge in [-0.3, -0.25) is 19.3 Å². The Morgan fingerprint density at radius 3 is 2.74 bits per heavy atom. The van der Waals surface area contributed by atoms with Crippen molar-refractivity contribution in [3.63, 3.8) is 0 Å². The Morgan fingerprint density at radius 1 is 1.15 bits per heavy atom. The van der Waals surface area contributed by atoms with Crippen molar-refractivity contribution in [2.24, 2.45) is 0 Å². The molecule has 0 spiro atoms. The van der Waals surface area contributed by atoms with Crippen LogP contribution >= 0.6 is 35.0 Å². The molecule has 140 valence electrons. The van der Waals surface area contributed by atoms with E-state index < -0.39 is 18.5 Å². The quantitative estimate of drug-likeness (QED) is 0.741. The number of para-hydroxylation sites is 1. The highest BCUT2D eigenvalue weighted by Gasteiger charge is 2.27. The summed E-state index contributed by atoms with van der Waals surface area (Å²) in [5.41, 5.74) is 0.980. The molecule has 0 saturated carbocycles. The second-order valence-electron chi connectivity index (χ2n) is 5.55. The predicted octanol–water partition coefficient (Wildman–Crippen LogP) is 3.61. The molecule has 1 aliphatic rings. The van der Waals surface area contributed by atoms with Crippen LogP contribution in [0.25, 0.3) is 0 Å². The third-order valence-corrected chi connectivity index (χ3v) is 5.55. The Kier molecular flexibility index (Phi) is 6.26. The highest BCUT2D eigenvalue weighted by atomic mass is 35.5. The summed E-state index contributed by atoms with van der Waals surface area (Å²) in [6.45, 7) is -0.762. The molecule has 0 unspecified atom stereocenters. The number of carbonyl (C=O) groups excluding carboxylic acids is 3. The SMILES string of the molecule is O=C(COC(=O)CN1C(=O)CSc2ccccc21)Nc1cccc(Cl)c1Cl. The van der Waals surface area contributed by atoms with E-state index >= 15 is 0 Å². The van der Waals surface area contributed by atoms with Gasteiger partial charge < -0.3 is 10.1 Å². The number of carbonyl (C=O) groups is 3. The van der Waals surface area contributed by atoms with Crippen molar-refractivity contribution in [3.05, 3.63) is 52.5 Å². The van der Waals surface area contributed by atoms with Gasteiger partial charge in [-0.05, 0) is 24.3 Å². The number of esters is 1. The molecule has 3 rings (SSSR count). The van der Waals surface area contributed by atoms with E-state index in [1.807, 2.05) is 12.1 Å². The second-order valence-corrected chi connectivity index (χ2v) is 7.35. The number of benzene rings is 2. The van der Waals surface area contributed by atoms with Gasteiger partial charge in [-0.15, -0.1) is 11.8 Å². The molecule has 0 bridgehead atoms. The number of fused-ring (bicyclic) bond motifs is 1. The second kappa shape index (κ2) is 8.65. The van der Waals surface area contributed by atoms with Gasteiger partial charge >= 0.3 is 5.97 Å². The molecule has 0 saturated heterocycles. The molecule has 27 heavy (non-hydrogen) atoms.